The quantitative estimate of drug-likeness (QED) is 0.887. The molecule has 0 aliphatic rings. The molecule has 2 aromatic carbocycles. The highest BCUT2D eigenvalue weighted by Crippen LogP contribution is 2.18. The number of halogens is 2. The molecule has 21 heavy (non-hydrogen) atoms. The van der Waals surface area contributed by atoms with E-state index < -0.39 is 6.09 Å². The Morgan fingerprint density at radius 1 is 1.24 bits per heavy atom. The summed E-state index contributed by atoms with van der Waals surface area (Å²) >= 11 is 5.70. The molecule has 4 nitrogen and oxygen atoms in total. The fourth-order valence-corrected chi connectivity index (χ4v) is 1.90. The van der Waals surface area contributed by atoms with Crippen LogP contribution in [0.1, 0.15) is 5.56 Å². The largest absolute Gasteiger partial charge is 0.453 e. The first-order chi connectivity index (χ1) is 10.1. The summed E-state index contributed by atoms with van der Waals surface area (Å²) in [5.74, 6) is -0.362. The third kappa shape index (κ3) is 4.36. The highest BCUT2D eigenvalue weighted by molar-refractivity contribution is 6.30. The highest BCUT2D eigenvalue weighted by atomic mass is 35.5. The maximum Gasteiger partial charge on any atom is 0.411 e. The van der Waals surface area contributed by atoms with Gasteiger partial charge in [-0.1, -0.05) is 23.7 Å². The van der Waals surface area contributed by atoms with Gasteiger partial charge in [-0.2, -0.15) is 0 Å². The number of anilines is 2. The van der Waals surface area contributed by atoms with E-state index in [9.17, 15) is 9.18 Å². The van der Waals surface area contributed by atoms with Gasteiger partial charge >= 0.3 is 6.09 Å². The Hall–Kier alpha value is -2.27. The van der Waals surface area contributed by atoms with Crippen LogP contribution < -0.4 is 10.6 Å². The normalized spacial score (nSPS) is 10.0. The molecule has 0 aliphatic heterocycles. The van der Waals surface area contributed by atoms with Crippen molar-refractivity contribution in [1.82, 2.24) is 0 Å². The summed E-state index contributed by atoms with van der Waals surface area (Å²) in [7, 11) is 1.29. The summed E-state index contributed by atoms with van der Waals surface area (Å²) in [6.45, 7) is 0.310. The minimum atomic E-state index is -0.545. The number of methoxy groups -OCH3 is 1. The number of carbonyl (C=O) groups is 1. The average molecular weight is 309 g/mol. The Morgan fingerprint density at radius 3 is 2.71 bits per heavy atom. The lowest BCUT2D eigenvalue weighted by Crippen LogP contribution is -2.11. The van der Waals surface area contributed by atoms with Crippen molar-refractivity contribution in [3.63, 3.8) is 0 Å². The molecular formula is C15H14ClFN2O2. The summed E-state index contributed by atoms with van der Waals surface area (Å²) < 4.78 is 18.2. The van der Waals surface area contributed by atoms with Crippen LogP contribution in [0.15, 0.2) is 42.5 Å². The predicted octanol–water partition coefficient (Wildman–Crippen LogP) is 4.27. The Balaban J connectivity index is 2.03. The van der Waals surface area contributed by atoms with Crippen LogP contribution in [0.25, 0.3) is 0 Å². The topological polar surface area (TPSA) is 50.4 Å². The minimum absolute atomic E-state index is 0.310. The average Bonchev–Trinajstić information content (AvgIpc) is 2.46. The molecule has 0 saturated carbocycles. The second kappa shape index (κ2) is 6.95. The van der Waals surface area contributed by atoms with Crippen molar-refractivity contribution in [3.05, 3.63) is 58.9 Å². The molecule has 2 aromatic rings. The first-order valence-electron chi connectivity index (χ1n) is 6.21. The van der Waals surface area contributed by atoms with Gasteiger partial charge < -0.3 is 10.1 Å². The first kappa shape index (κ1) is 15.1. The smallest absolute Gasteiger partial charge is 0.411 e. The van der Waals surface area contributed by atoms with Gasteiger partial charge in [0.1, 0.15) is 5.82 Å². The van der Waals surface area contributed by atoms with Gasteiger partial charge in [-0.15, -0.1) is 0 Å². The van der Waals surface area contributed by atoms with Crippen LogP contribution in [0.2, 0.25) is 5.02 Å². The molecule has 0 bridgehead atoms. The van der Waals surface area contributed by atoms with Crippen molar-refractivity contribution in [3.8, 4) is 0 Å². The molecule has 0 heterocycles. The fourth-order valence-electron chi connectivity index (χ4n) is 1.74. The number of amides is 1. The van der Waals surface area contributed by atoms with Gasteiger partial charge in [-0.3, -0.25) is 5.32 Å². The van der Waals surface area contributed by atoms with E-state index in [4.69, 9.17) is 11.6 Å². The predicted molar refractivity (Wildman–Crippen MR) is 81.2 cm³/mol. The lowest BCUT2D eigenvalue weighted by atomic mass is 10.2. The molecule has 2 rings (SSSR count). The van der Waals surface area contributed by atoms with E-state index in [1.54, 1.807) is 30.3 Å². The van der Waals surface area contributed by atoms with Gasteiger partial charge in [0.05, 0.1) is 7.11 Å². The lowest BCUT2D eigenvalue weighted by Gasteiger charge is -2.10. The van der Waals surface area contributed by atoms with Crippen molar-refractivity contribution in [2.75, 3.05) is 17.7 Å². The summed E-state index contributed by atoms with van der Waals surface area (Å²) in [5, 5.41) is 6.00. The van der Waals surface area contributed by atoms with E-state index in [0.717, 1.165) is 5.69 Å². The van der Waals surface area contributed by atoms with Gasteiger partial charge in [0.2, 0.25) is 0 Å². The van der Waals surface area contributed by atoms with Crippen molar-refractivity contribution in [2.24, 2.45) is 0 Å². The zero-order valence-corrected chi connectivity index (χ0v) is 12.1. The van der Waals surface area contributed by atoms with Gasteiger partial charge in [0.15, 0.2) is 0 Å². The van der Waals surface area contributed by atoms with E-state index in [-0.39, 0.29) is 5.82 Å². The molecule has 0 saturated heterocycles. The summed E-state index contributed by atoms with van der Waals surface area (Å²) in [4.78, 5) is 11.1. The molecule has 0 aromatic heterocycles. The maximum atomic E-state index is 13.7. The van der Waals surface area contributed by atoms with E-state index in [0.29, 0.717) is 22.8 Å². The van der Waals surface area contributed by atoms with Crippen LogP contribution in [-0.4, -0.2) is 13.2 Å². The van der Waals surface area contributed by atoms with Crippen LogP contribution in [0.5, 0.6) is 0 Å². The Morgan fingerprint density at radius 2 is 2.00 bits per heavy atom. The molecule has 0 atom stereocenters. The van der Waals surface area contributed by atoms with Gasteiger partial charge in [-0.05, 0) is 30.3 Å². The van der Waals surface area contributed by atoms with Crippen LogP contribution in [0.4, 0.5) is 20.6 Å². The maximum absolute atomic E-state index is 13.7. The molecule has 0 unspecified atom stereocenters. The molecular weight excluding hydrogens is 295 g/mol. The Kier molecular flexibility index (Phi) is 5.00. The Labute approximate surface area is 126 Å². The molecule has 0 radical (unpaired) electrons. The van der Waals surface area contributed by atoms with E-state index in [1.165, 1.54) is 13.2 Å². The third-order valence-electron chi connectivity index (χ3n) is 2.79. The molecule has 110 valence electrons. The molecule has 0 aliphatic carbocycles. The number of hydrogen-bond donors (Lipinski definition) is 2. The second-order valence-electron chi connectivity index (χ2n) is 4.29. The third-order valence-corrected chi connectivity index (χ3v) is 3.03. The van der Waals surface area contributed by atoms with Gasteiger partial charge in [-0.25, -0.2) is 9.18 Å². The monoisotopic (exact) mass is 308 g/mol. The van der Waals surface area contributed by atoms with E-state index in [1.807, 2.05) is 6.07 Å². The molecule has 6 heteroatoms. The highest BCUT2D eigenvalue weighted by Gasteiger charge is 2.04. The molecule has 0 fully saturated rings. The van der Waals surface area contributed by atoms with Gasteiger partial charge in [0, 0.05) is 28.5 Å². The zero-order valence-electron chi connectivity index (χ0n) is 11.3. The number of nitrogens with one attached hydrogen (secondary N) is 2. The van der Waals surface area contributed by atoms with Crippen LogP contribution in [0.3, 0.4) is 0 Å². The summed E-state index contributed by atoms with van der Waals surface area (Å²) in [5.41, 5.74) is 1.84. The fraction of sp³-hybridized carbons (Fsp3) is 0.133. The number of hydrogen-bond acceptors (Lipinski definition) is 3. The second-order valence-corrected chi connectivity index (χ2v) is 4.72. The number of benzene rings is 2. The van der Waals surface area contributed by atoms with Crippen molar-refractivity contribution in [2.45, 2.75) is 6.54 Å². The summed E-state index contributed by atoms with van der Waals surface area (Å²) in [6.07, 6.45) is -0.545. The Bertz CT molecular complexity index is 649. The van der Waals surface area contributed by atoms with E-state index in [2.05, 4.69) is 15.4 Å². The van der Waals surface area contributed by atoms with Crippen molar-refractivity contribution in [1.29, 1.82) is 0 Å². The summed E-state index contributed by atoms with van der Waals surface area (Å²) in [6, 6.07) is 11.6. The number of carbonyl (C=O) groups excluding carboxylic acids is 1. The molecule has 0 spiro atoms. The van der Waals surface area contributed by atoms with Crippen LogP contribution in [-0.2, 0) is 11.3 Å². The van der Waals surface area contributed by atoms with E-state index >= 15 is 0 Å². The first-order valence-corrected chi connectivity index (χ1v) is 6.59. The van der Waals surface area contributed by atoms with Crippen LogP contribution in [0, 0.1) is 5.82 Å². The molecule has 1 amide bonds. The zero-order chi connectivity index (χ0) is 15.2. The van der Waals surface area contributed by atoms with Crippen molar-refractivity contribution >= 4 is 29.1 Å². The SMILES string of the molecule is COC(=O)Nc1cccc(NCc2ccc(Cl)cc2F)c1. The number of ether oxygens (including phenoxy) is 1. The van der Waals surface area contributed by atoms with Crippen molar-refractivity contribution < 1.29 is 13.9 Å². The van der Waals surface area contributed by atoms with Crippen LogP contribution >= 0.6 is 11.6 Å². The lowest BCUT2D eigenvalue weighted by molar-refractivity contribution is 0.187. The standard InChI is InChI=1S/C15H14ClFN2O2/c1-21-15(20)19-13-4-2-3-12(8-13)18-9-10-5-6-11(16)7-14(10)17/h2-8,18H,9H2,1H3,(H,19,20). The minimum Gasteiger partial charge on any atom is -0.453 e. The molecule has 2 N–H and O–H groups in total. The van der Waals surface area contributed by atoms with Gasteiger partial charge in [0.25, 0.3) is 0 Å². The number of rotatable bonds is 4.